The van der Waals surface area contributed by atoms with Crippen molar-refractivity contribution < 1.29 is 23.8 Å². The third kappa shape index (κ3) is 6.19. The Kier molecular flexibility index (Phi) is 8.14. The Balaban J connectivity index is 1.82. The number of esters is 1. The van der Waals surface area contributed by atoms with E-state index < -0.39 is 0 Å². The van der Waals surface area contributed by atoms with E-state index in [0.29, 0.717) is 48.9 Å². The van der Waals surface area contributed by atoms with Crippen LogP contribution >= 0.6 is 0 Å². The van der Waals surface area contributed by atoms with Crippen LogP contribution in [0.15, 0.2) is 42.5 Å². The number of rotatable bonds is 9. The van der Waals surface area contributed by atoms with Crippen LogP contribution in [0.25, 0.3) is 0 Å². The second-order valence-corrected chi connectivity index (χ2v) is 5.85. The molecule has 0 unspecified atom stereocenters. The summed E-state index contributed by atoms with van der Waals surface area (Å²) in [5.74, 6) is 0.987. The fourth-order valence-electron chi connectivity index (χ4n) is 2.54. The normalized spacial score (nSPS) is 10.1. The summed E-state index contributed by atoms with van der Waals surface area (Å²) in [5, 5.41) is 5.53. The van der Waals surface area contributed by atoms with Crippen LogP contribution in [0.5, 0.6) is 11.5 Å². The van der Waals surface area contributed by atoms with Crippen molar-refractivity contribution in [1.82, 2.24) is 5.32 Å². The van der Waals surface area contributed by atoms with Gasteiger partial charge in [0.05, 0.1) is 25.9 Å². The topological polar surface area (TPSA) is 85.9 Å². The lowest BCUT2D eigenvalue weighted by molar-refractivity contribution is 0.0526. The SMILES string of the molecule is CCOC(=O)c1ccc(NC(=O)NCCc2ccc(OCC)c(OC)c2)cc1. The first-order valence-electron chi connectivity index (χ1n) is 9.19. The van der Waals surface area contributed by atoms with E-state index in [4.69, 9.17) is 14.2 Å². The molecule has 2 N–H and O–H groups in total. The molecule has 7 nitrogen and oxygen atoms in total. The van der Waals surface area contributed by atoms with Crippen LogP contribution in [0.2, 0.25) is 0 Å². The van der Waals surface area contributed by atoms with Crippen molar-refractivity contribution in [2.24, 2.45) is 0 Å². The Hall–Kier alpha value is -3.22. The van der Waals surface area contributed by atoms with Crippen molar-refractivity contribution in [2.75, 3.05) is 32.2 Å². The summed E-state index contributed by atoms with van der Waals surface area (Å²) >= 11 is 0. The standard InChI is InChI=1S/C21H26N2O5/c1-4-27-18-11-6-15(14-19(18)26-3)12-13-22-21(25)23-17-9-7-16(8-10-17)20(24)28-5-2/h6-11,14H,4-5,12-13H2,1-3H3,(H2,22,23,25). The molecule has 2 aromatic carbocycles. The van der Waals surface area contributed by atoms with E-state index in [0.717, 1.165) is 5.56 Å². The van der Waals surface area contributed by atoms with Crippen molar-refractivity contribution in [2.45, 2.75) is 20.3 Å². The van der Waals surface area contributed by atoms with Crippen LogP contribution in [-0.2, 0) is 11.2 Å². The number of nitrogens with one attached hydrogen (secondary N) is 2. The predicted molar refractivity (Wildman–Crippen MR) is 107 cm³/mol. The molecule has 7 heteroatoms. The van der Waals surface area contributed by atoms with E-state index in [1.54, 1.807) is 38.3 Å². The number of anilines is 1. The monoisotopic (exact) mass is 386 g/mol. The molecule has 0 atom stereocenters. The van der Waals surface area contributed by atoms with E-state index in [1.807, 2.05) is 25.1 Å². The molecule has 0 saturated carbocycles. The van der Waals surface area contributed by atoms with Gasteiger partial charge in [0.15, 0.2) is 11.5 Å². The Morgan fingerprint density at radius 1 is 0.964 bits per heavy atom. The zero-order chi connectivity index (χ0) is 20.4. The number of hydrogen-bond acceptors (Lipinski definition) is 5. The van der Waals surface area contributed by atoms with Gasteiger partial charge in [-0.3, -0.25) is 0 Å². The molecule has 0 aliphatic carbocycles. The van der Waals surface area contributed by atoms with Crippen molar-refractivity contribution in [3.63, 3.8) is 0 Å². The van der Waals surface area contributed by atoms with Gasteiger partial charge in [0, 0.05) is 12.2 Å². The predicted octanol–water partition coefficient (Wildman–Crippen LogP) is 3.63. The van der Waals surface area contributed by atoms with E-state index in [9.17, 15) is 9.59 Å². The maximum absolute atomic E-state index is 12.0. The van der Waals surface area contributed by atoms with Crippen LogP contribution < -0.4 is 20.1 Å². The largest absolute Gasteiger partial charge is 0.493 e. The molecule has 0 aromatic heterocycles. The number of carbonyl (C=O) groups excluding carboxylic acids is 2. The first kappa shape index (κ1) is 21.1. The Morgan fingerprint density at radius 3 is 2.36 bits per heavy atom. The summed E-state index contributed by atoms with van der Waals surface area (Å²) in [6, 6.07) is 11.9. The first-order valence-corrected chi connectivity index (χ1v) is 9.19. The third-order valence-electron chi connectivity index (χ3n) is 3.88. The van der Waals surface area contributed by atoms with Gasteiger partial charge in [-0.25, -0.2) is 9.59 Å². The third-order valence-corrected chi connectivity index (χ3v) is 3.88. The summed E-state index contributed by atoms with van der Waals surface area (Å²) in [6.07, 6.45) is 0.651. The molecule has 2 rings (SSSR count). The number of benzene rings is 2. The van der Waals surface area contributed by atoms with Gasteiger partial charge in [-0.1, -0.05) is 6.07 Å². The quantitative estimate of drug-likeness (QED) is 0.643. The van der Waals surface area contributed by atoms with E-state index in [-0.39, 0.29) is 12.0 Å². The van der Waals surface area contributed by atoms with Crippen LogP contribution in [0.3, 0.4) is 0 Å². The summed E-state index contributed by atoms with van der Waals surface area (Å²) in [4.78, 5) is 23.6. The summed E-state index contributed by atoms with van der Waals surface area (Å²) in [6.45, 7) is 5.02. The number of hydrogen-bond donors (Lipinski definition) is 2. The van der Waals surface area contributed by atoms with E-state index in [1.165, 1.54) is 0 Å². The average molecular weight is 386 g/mol. The Bertz CT molecular complexity index is 790. The Labute approximate surface area is 165 Å². The number of ether oxygens (including phenoxy) is 3. The second kappa shape index (κ2) is 10.8. The maximum Gasteiger partial charge on any atom is 0.338 e. The van der Waals surface area contributed by atoms with Crippen LogP contribution in [0.1, 0.15) is 29.8 Å². The Morgan fingerprint density at radius 2 is 1.71 bits per heavy atom. The molecule has 0 aliphatic rings. The summed E-state index contributed by atoms with van der Waals surface area (Å²) < 4.78 is 15.8. The van der Waals surface area contributed by atoms with Crippen LogP contribution in [0.4, 0.5) is 10.5 Å². The van der Waals surface area contributed by atoms with Crippen molar-refractivity contribution in [1.29, 1.82) is 0 Å². The van der Waals surface area contributed by atoms with Gasteiger partial charge in [0.25, 0.3) is 0 Å². The lowest BCUT2D eigenvalue weighted by Gasteiger charge is -2.12. The number of carbonyl (C=O) groups is 2. The van der Waals surface area contributed by atoms with E-state index >= 15 is 0 Å². The minimum absolute atomic E-state index is 0.318. The van der Waals surface area contributed by atoms with Gasteiger partial charge in [0.1, 0.15) is 0 Å². The van der Waals surface area contributed by atoms with Crippen molar-refractivity contribution >= 4 is 17.7 Å². The first-order chi connectivity index (χ1) is 13.6. The molecule has 0 radical (unpaired) electrons. The highest BCUT2D eigenvalue weighted by atomic mass is 16.5. The fraction of sp³-hybridized carbons (Fsp3) is 0.333. The molecular weight excluding hydrogens is 360 g/mol. The number of methoxy groups -OCH3 is 1. The molecule has 0 fully saturated rings. The second-order valence-electron chi connectivity index (χ2n) is 5.85. The molecule has 0 bridgehead atoms. The summed E-state index contributed by atoms with van der Waals surface area (Å²) in [7, 11) is 1.60. The maximum atomic E-state index is 12.0. The fourth-order valence-corrected chi connectivity index (χ4v) is 2.54. The minimum Gasteiger partial charge on any atom is -0.493 e. The van der Waals surface area contributed by atoms with Gasteiger partial charge < -0.3 is 24.8 Å². The van der Waals surface area contributed by atoms with Gasteiger partial charge in [-0.2, -0.15) is 0 Å². The number of amides is 2. The molecule has 28 heavy (non-hydrogen) atoms. The van der Waals surface area contributed by atoms with E-state index in [2.05, 4.69) is 10.6 Å². The minimum atomic E-state index is -0.385. The smallest absolute Gasteiger partial charge is 0.338 e. The molecule has 0 spiro atoms. The molecule has 2 amide bonds. The highest BCUT2D eigenvalue weighted by Crippen LogP contribution is 2.28. The lowest BCUT2D eigenvalue weighted by Crippen LogP contribution is -2.30. The van der Waals surface area contributed by atoms with Gasteiger partial charge in [0.2, 0.25) is 0 Å². The summed E-state index contributed by atoms with van der Waals surface area (Å²) in [5.41, 5.74) is 2.06. The molecular formula is C21H26N2O5. The number of urea groups is 1. The van der Waals surface area contributed by atoms with Crippen LogP contribution in [0, 0.1) is 0 Å². The van der Waals surface area contributed by atoms with Crippen molar-refractivity contribution in [3.8, 4) is 11.5 Å². The zero-order valence-corrected chi connectivity index (χ0v) is 16.4. The molecule has 2 aromatic rings. The van der Waals surface area contributed by atoms with Crippen LogP contribution in [-0.4, -0.2) is 38.9 Å². The highest BCUT2D eigenvalue weighted by molar-refractivity contribution is 5.92. The van der Waals surface area contributed by atoms with Gasteiger partial charge >= 0.3 is 12.0 Å². The van der Waals surface area contributed by atoms with Gasteiger partial charge in [-0.05, 0) is 62.2 Å². The van der Waals surface area contributed by atoms with Gasteiger partial charge in [-0.15, -0.1) is 0 Å². The molecule has 0 saturated heterocycles. The van der Waals surface area contributed by atoms with Crippen molar-refractivity contribution in [3.05, 3.63) is 53.6 Å². The zero-order valence-electron chi connectivity index (χ0n) is 16.4. The lowest BCUT2D eigenvalue weighted by atomic mass is 10.1. The molecule has 0 heterocycles. The molecule has 150 valence electrons. The molecule has 0 aliphatic heterocycles. The average Bonchev–Trinajstić information content (AvgIpc) is 2.70. The highest BCUT2D eigenvalue weighted by Gasteiger charge is 2.08.